The Morgan fingerprint density at radius 2 is 0.707 bits per heavy atom. The van der Waals surface area contributed by atoms with Gasteiger partial charge < -0.3 is 19.0 Å². The third-order valence-corrected chi connectivity index (χ3v) is 15.5. The molecule has 352 valence electrons. The second-order valence-electron chi connectivity index (χ2n) is 19.6. The predicted octanol–water partition coefficient (Wildman–Crippen LogP) is 19.5. The van der Waals surface area contributed by atoms with Crippen molar-refractivity contribution in [2.75, 3.05) is 9.80 Å². The van der Waals surface area contributed by atoms with Crippen LogP contribution in [0, 0.1) is 0 Å². The Hall–Kier alpha value is -9.90. The minimum Gasteiger partial charge on any atom is -0.455 e. The van der Waals surface area contributed by atoms with Crippen LogP contribution in [0.4, 0.5) is 34.1 Å². The van der Waals surface area contributed by atoms with Crippen molar-refractivity contribution in [3.8, 4) is 44.9 Å². The maximum Gasteiger partial charge on any atom is 0.178 e. The molecule has 13 aromatic rings. The van der Waals surface area contributed by atoms with Crippen molar-refractivity contribution in [2.45, 2.75) is 5.41 Å². The maximum atomic E-state index is 7.49. The Balaban J connectivity index is 0.937. The van der Waals surface area contributed by atoms with E-state index >= 15 is 0 Å². The highest BCUT2D eigenvalue weighted by Gasteiger charge is 2.54. The zero-order valence-corrected chi connectivity index (χ0v) is 40.8. The van der Waals surface area contributed by atoms with Crippen molar-refractivity contribution in [3.63, 3.8) is 0 Å². The number of benzene rings is 12. The van der Waals surface area contributed by atoms with Crippen LogP contribution in [0.2, 0.25) is 0 Å². The molecule has 1 aliphatic carbocycles. The van der Waals surface area contributed by atoms with E-state index in [1.54, 1.807) is 0 Å². The number of anilines is 6. The number of fused-ring (bicyclic) bond motifs is 13. The highest BCUT2D eigenvalue weighted by Crippen LogP contribution is 2.64. The molecule has 75 heavy (non-hydrogen) atoms. The van der Waals surface area contributed by atoms with Crippen LogP contribution in [0.5, 0.6) is 11.5 Å². The van der Waals surface area contributed by atoms with Gasteiger partial charge in [-0.2, -0.15) is 0 Å². The van der Waals surface area contributed by atoms with E-state index in [4.69, 9.17) is 9.15 Å². The lowest BCUT2D eigenvalue weighted by Gasteiger charge is -2.37. The molecule has 2 heterocycles. The number of hydrogen-bond donors (Lipinski definition) is 0. The summed E-state index contributed by atoms with van der Waals surface area (Å²) in [6, 6.07) is 100. The van der Waals surface area contributed by atoms with E-state index in [0.717, 1.165) is 73.3 Å². The van der Waals surface area contributed by atoms with Crippen LogP contribution >= 0.6 is 0 Å². The molecule has 0 bridgehead atoms. The van der Waals surface area contributed by atoms with E-state index in [-0.39, 0.29) is 0 Å². The molecule has 0 amide bonds. The summed E-state index contributed by atoms with van der Waals surface area (Å²) >= 11 is 0. The molecule has 12 aromatic carbocycles. The quantitative estimate of drug-likeness (QED) is 0.152. The van der Waals surface area contributed by atoms with E-state index in [1.165, 1.54) is 54.9 Å². The monoisotopic (exact) mass is 958 g/mol. The Kier molecular flexibility index (Phi) is 9.76. The Bertz CT molecular complexity index is 4120. The Labute approximate surface area is 435 Å². The highest BCUT2D eigenvalue weighted by atomic mass is 16.5. The number of rotatable bonds is 8. The predicted molar refractivity (Wildman–Crippen MR) is 309 cm³/mol. The molecule has 0 saturated carbocycles. The summed E-state index contributed by atoms with van der Waals surface area (Å²) in [5, 5.41) is 5.63. The molecule has 0 fully saturated rings. The zero-order chi connectivity index (χ0) is 49.5. The standard InChI is InChI=1S/C71H46N2O2/c1-3-15-47(16-4-1)51-27-33-55(34-28-51)72(56-35-29-52(30-36-56)48-17-5-2-6-18-48)60-39-41-66-68(46-60)74-69-63-45-59(40-42-67(63)75-70(69)71(66)64-25-13-11-23-61(64)62-24-12-14-26-65(62)71)73(57-37-31-49-19-7-9-21-53(49)43-57)58-38-32-50-20-8-10-22-54(50)44-58/h1-46H. The normalized spacial score (nSPS) is 12.7. The van der Waals surface area contributed by atoms with Gasteiger partial charge in [0.2, 0.25) is 0 Å². The van der Waals surface area contributed by atoms with Gasteiger partial charge in [-0.05, 0) is 139 Å². The summed E-state index contributed by atoms with van der Waals surface area (Å²) in [6.07, 6.45) is 0. The average molecular weight is 959 g/mol. The van der Waals surface area contributed by atoms with Crippen molar-refractivity contribution >= 4 is 66.6 Å². The maximum absolute atomic E-state index is 7.49. The molecule has 0 radical (unpaired) electrons. The smallest absolute Gasteiger partial charge is 0.178 e. The minimum atomic E-state index is -0.816. The summed E-state index contributed by atoms with van der Waals surface area (Å²) in [6.45, 7) is 0. The third kappa shape index (κ3) is 6.84. The van der Waals surface area contributed by atoms with Gasteiger partial charge in [-0.25, -0.2) is 0 Å². The molecular weight excluding hydrogens is 913 g/mol. The number of hydrogen-bond acceptors (Lipinski definition) is 4. The van der Waals surface area contributed by atoms with Gasteiger partial charge in [-0.15, -0.1) is 0 Å². The van der Waals surface area contributed by atoms with Gasteiger partial charge in [0.25, 0.3) is 0 Å². The second-order valence-corrected chi connectivity index (χ2v) is 19.6. The lowest BCUT2D eigenvalue weighted by atomic mass is 9.69. The summed E-state index contributed by atoms with van der Waals surface area (Å²) in [7, 11) is 0. The van der Waals surface area contributed by atoms with Gasteiger partial charge in [0.1, 0.15) is 16.7 Å². The van der Waals surface area contributed by atoms with Gasteiger partial charge in [-0.3, -0.25) is 0 Å². The van der Waals surface area contributed by atoms with Crippen LogP contribution in [0.25, 0.3) is 65.9 Å². The van der Waals surface area contributed by atoms with Crippen molar-refractivity contribution in [3.05, 3.63) is 302 Å². The first-order valence-electron chi connectivity index (χ1n) is 25.6. The Morgan fingerprint density at radius 1 is 0.293 bits per heavy atom. The van der Waals surface area contributed by atoms with E-state index in [2.05, 4.69) is 289 Å². The van der Waals surface area contributed by atoms with Crippen LogP contribution in [-0.2, 0) is 5.41 Å². The number of nitrogens with zero attached hydrogens (tertiary/aromatic N) is 2. The lowest BCUT2D eigenvalue weighted by molar-refractivity contribution is 0.389. The van der Waals surface area contributed by atoms with E-state index in [9.17, 15) is 0 Å². The van der Waals surface area contributed by atoms with Crippen molar-refractivity contribution in [1.29, 1.82) is 0 Å². The summed E-state index contributed by atoms with van der Waals surface area (Å²) in [4.78, 5) is 4.69. The Morgan fingerprint density at radius 3 is 1.27 bits per heavy atom. The van der Waals surface area contributed by atoms with Crippen molar-refractivity contribution < 1.29 is 9.15 Å². The molecule has 15 rings (SSSR count). The molecule has 0 N–H and O–H groups in total. The zero-order valence-electron chi connectivity index (χ0n) is 40.8. The van der Waals surface area contributed by atoms with Gasteiger partial charge in [0.15, 0.2) is 11.5 Å². The van der Waals surface area contributed by atoms with Gasteiger partial charge in [0.05, 0.1) is 5.39 Å². The van der Waals surface area contributed by atoms with E-state index < -0.39 is 5.41 Å². The molecule has 1 aromatic heterocycles. The van der Waals surface area contributed by atoms with Crippen LogP contribution in [0.15, 0.2) is 283 Å². The largest absolute Gasteiger partial charge is 0.455 e. The SMILES string of the molecule is c1ccc(-c2ccc(N(c3ccc(-c4ccccc4)cc3)c3ccc4c(c3)Oc3c(oc5ccc(N(c6ccc7ccccc7c6)c6ccc7ccccc7c6)cc35)C43c4ccccc4-c4ccccc43)cc2)cc1. The first-order chi connectivity index (χ1) is 37.2. The molecule has 1 aliphatic heterocycles. The van der Waals surface area contributed by atoms with Crippen LogP contribution in [-0.4, -0.2) is 0 Å². The fraction of sp³-hybridized carbons (Fsp3) is 0.0141. The first-order valence-corrected chi connectivity index (χ1v) is 25.6. The molecule has 0 saturated heterocycles. The lowest BCUT2D eigenvalue weighted by Crippen LogP contribution is -2.31. The molecule has 1 spiro atoms. The fourth-order valence-corrected chi connectivity index (χ4v) is 12.0. The third-order valence-electron chi connectivity index (χ3n) is 15.5. The first kappa shape index (κ1) is 42.8. The van der Waals surface area contributed by atoms with Crippen LogP contribution in [0.1, 0.15) is 22.5 Å². The van der Waals surface area contributed by atoms with Crippen LogP contribution in [0.3, 0.4) is 0 Å². The molecule has 0 unspecified atom stereocenters. The number of furan rings is 1. The molecule has 2 aliphatic rings. The van der Waals surface area contributed by atoms with E-state index in [0.29, 0.717) is 5.75 Å². The van der Waals surface area contributed by atoms with Gasteiger partial charge >= 0.3 is 0 Å². The number of ether oxygens (including phenoxy) is 1. The summed E-state index contributed by atoms with van der Waals surface area (Å²) in [5.74, 6) is 2.26. The average Bonchev–Trinajstić information content (AvgIpc) is 3.99. The van der Waals surface area contributed by atoms with Gasteiger partial charge in [-0.1, -0.05) is 200 Å². The highest BCUT2D eigenvalue weighted by molar-refractivity contribution is 5.99. The van der Waals surface area contributed by atoms with Crippen LogP contribution < -0.4 is 14.5 Å². The van der Waals surface area contributed by atoms with Crippen molar-refractivity contribution in [1.82, 2.24) is 0 Å². The molecule has 0 atom stereocenters. The summed E-state index contributed by atoms with van der Waals surface area (Å²) < 4.78 is 14.8. The topological polar surface area (TPSA) is 28.9 Å². The molecule has 4 heteroatoms. The van der Waals surface area contributed by atoms with Crippen molar-refractivity contribution in [2.24, 2.45) is 0 Å². The van der Waals surface area contributed by atoms with E-state index in [1.807, 2.05) is 0 Å². The molecular formula is C71H46N2O2. The summed E-state index contributed by atoms with van der Waals surface area (Å²) in [5.41, 5.74) is 16.5. The molecule has 4 nitrogen and oxygen atoms in total. The van der Waals surface area contributed by atoms with Gasteiger partial charge in [0, 0.05) is 45.8 Å². The minimum absolute atomic E-state index is 0.714. The fourth-order valence-electron chi connectivity index (χ4n) is 12.0. The second kappa shape index (κ2) is 17.1.